The molecule has 0 saturated heterocycles. The largest absolute Gasteiger partial charge is 0.383 e. The fraction of sp³-hybridized carbons (Fsp3) is 0.667. The van der Waals surface area contributed by atoms with E-state index >= 15 is 0 Å². The van der Waals surface area contributed by atoms with Crippen LogP contribution in [0.1, 0.15) is 18.9 Å². The van der Waals surface area contributed by atoms with E-state index in [4.69, 9.17) is 4.74 Å². The number of hydrogen-bond acceptors (Lipinski definition) is 3. The van der Waals surface area contributed by atoms with Crippen LogP contribution in [0, 0.1) is 5.92 Å². The molecular formula is C12H21NOS. The van der Waals surface area contributed by atoms with Crippen molar-refractivity contribution in [3.8, 4) is 0 Å². The van der Waals surface area contributed by atoms with Crippen LogP contribution in [0.25, 0.3) is 0 Å². The second-order valence-corrected chi connectivity index (χ2v) is 4.59. The standard InChI is InChI=1S/C12H21NOS/c1-3-11(9-13-5-6-14-2)8-12-4-7-15-10-12/h4,7,10-11,13H,3,5-6,8-9H2,1-2H3. The molecule has 0 aliphatic heterocycles. The van der Waals surface area contributed by atoms with Gasteiger partial charge in [0.05, 0.1) is 6.61 Å². The number of hydrogen-bond donors (Lipinski definition) is 1. The summed E-state index contributed by atoms with van der Waals surface area (Å²) in [5.74, 6) is 0.747. The predicted molar refractivity (Wildman–Crippen MR) is 66.5 cm³/mol. The number of ether oxygens (including phenoxy) is 1. The average Bonchev–Trinajstić information content (AvgIpc) is 2.75. The molecule has 1 atom stereocenters. The third-order valence-corrected chi connectivity index (χ3v) is 3.33. The summed E-state index contributed by atoms with van der Waals surface area (Å²) in [6.45, 7) is 5.11. The van der Waals surface area contributed by atoms with E-state index in [0.717, 1.165) is 25.6 Å². The zero-order valence-corrected chi connectivity index (χ0v) is 10.5. The Morgan fingerprint density at radius 1 is 1.53 bits per heavy atom. The number of thiophene rings is 1. The zero-order chi connectivity index (χ0) is 10.9. The van der Waals surface area contributed by atoms with Crippen molar-refractivity contribution in [2.75, 3.05) is 26.8 Å². The van der Waals surface area contributed by atoms with Gasteiger partial charge in [-0.2, -0.15) is 11.3 Å². The van der Waals surface area contributed by atoms with Crippen LogP contribution >= 0.6 is 11.3 Å². The molecule has 0 radical (unpaired) electrons. The van der Waals surface area contributed by atoms with Gasteiger partial charge >= 0.3 is 0 Å². The highest BCUT2D eigenvalue weighted by Gasteiger charge is 2.06. The minimum atomic E-state index is 0.747. The smallest absolute Gasteiger partial charge is 0.0587 e. The van der Waals surface area contributed by atoms with Crippen molar-refractivity contribution in [2.24, 2.45) is 5.92 Å². The van der Waals surface area contributed by atoms with E-state index in [1.165, 1.54) is 18.4 Å². The fourth-order valence-electron chi connectivity index (χ4n) is 1.58. The Bertz CT molecular complexity index is 236. The quantitative estimate of drug-likeness (QED) is 0.689. The highest BCUT2D eigenvalue weighted by atomic mass is 32.1. The summed E-state index contributed by atoms with van der Waals surface area (Å²) in [6, 6.07) is 2.22. The van der Waals surface area contributed by atoms with Gasteiger partial charge in [-0.05, 0) is 41.3 Å². The topological polar surface area (TPSA) is 21.3 Å². The molecule has 0 fully saturated rings. The van der Waals surface area contributed by atoms with Crippen molar-refractivity contribution in [3.05, 3.63) is 22.4 Å². The minimum Gasteiger partial charge on any atom is -0.383 e. The first kappa shape index (κ1) is 12.7. The van der Waals surface area contributed by atoms with Crippen molar-refractivity contribution >= 4 is 11.3 Å². The minimum absolute atomic E-state index is 0.747. The van der Waals surface area contributed by atoms with E-state index in [2.05, 4.69) is 29.1 Å². The first-order chi connectivity index (χ1) is 7.36. The monoisotopic (exact) mass is 227 g/mol. The van der Waals surface area contributed by atoms with E-state index in [-0.39, 0.29) is 0 Å². The molecule has 1 rings (SSSR count). The Balaban J connectivity index is 2.18. The van der Waals surface area contributed by atoms with E-state index < -0.39 is 0 Å². The Morgan fingerprint density at radius 2 is 2.40 bits per heavy atom. The molecule has 2 nitrogen and oxygen atoms in total. The van der Waals surface area contributed by atoms with Crippen LogP contribution in [0.5, 0.6) is 0 Å². The summed E-state index contributed by atoms with van der Waals surface area (Å²) < 4.78 is 5.00. The molecule has 1 N–H and O–H groups in total. The van der Waals surface area contributed by atoms with Gasteiger partial charge in [-0.15, -0.1) is 0 Å². The SMILES string of the molecule is CCC(CNCCOC)Cc1ccsc1. The second kappa shape index (κ2) is 7.85. The molecule has 0 amide bonds. The van der Waals surface area contributed by atoms with Crippen LogP contribution < -0.4 is 5.32 Å². The highest BCUT2D eigenvalue weighted by molar-refractivity contribution is 7.07. The molecule has 0 spiro atoms. The lowest BCUT2D eigenvalue weighted by atomic mass is 9.99. The van der Waals surface area contributed by atoms with Gasteiger partial charge in [-0.1, -0.05) is 13.3 Å². The average molecular weight is 227 g/mol. The maximum atomic E-state index is 5.00. The van der Waals surface area contributed by atoms with Crippen molar-refractivity contribution in [2.45, 2.75) is 19.8 Å². The molecule has 0 aromatic carbocycles. The summed E-state index contributed by atoms with van der Waals surface area (Å²) in [5, 5.41) is 7.83. The lowest BCUT2D eigenvalue weighted by Crippen LogP contribution is -2.26. The molecule has 86 valence electrons. The molecule has 0 aliphatic carbocycles. The number of rotatable bonds is 8. The van der Waals surface area contributed by atoms with Gasteiger partial charge in [0.15, 0.2) is 0 Å². The summed E-state index contributed by atoms with van der Waals surface area (Å²) in [4.78, 5) is 0. The van der Waals surface area contributed by atoms with Crippen LogP contribution in [0.15, 0.2) is 16.8 Å². The van der Waals surface area contributed by atoms with Crippen molar-refractivity contribution in [1.82, 2.24) is 5.32 Å². The number of nitrogens with one attached hydrogen (secondary N) is 1. The molecule has 1 aromatic rings. The molecule has 15 heavy (non-hydrogen) atoms. The summed E-state index contributed by atoms with van der Waals surface area (Å²) in [6.07, 6.45) is 2.43. The van der Waals surface area contributed by atoms with Crippen molar-refractivity contribution in [3.63, 3.8) is 0 Å². The van der Waals surface area contributed by atoms with Crippen LogP contribution in [0.2, 0.25) is 0 Å². The molecule has 1 heterocycles. The second-order valence-electron chi connectivity index (χ2n) is 3.81. The van der Waals surface area contributed by atoms with Gasteiger partial charge < -0.3 is 10.1 Å². The van der Waals surface area contributed by atoms with Gasteiger partial charge in [-0.25, -0.2) is 0 Å². The maximum Gasteiger partial charge on any atom is 0.0587 e. The van der Waals surface area contributed by atoms with Crippen molar-refractivity contribution < 1.29 is 4.74 Å². The summed E-state index contributed by atoms with van der Waals surface area (Å²) >= 11 is 1.78. The van der Waals surface area contributed by atoms with Gasteiger partial charge in [-0.3, -0.25) is 0 Å². The molecule has 0 saturated carbocycles. The Kier molecular flexibility index (Phi) is 6.64. The van der Waals surface area contributed by atoms with E-state index in [0.29, 0.717) is 0 Å². The Morgan fingerprint density at radius 3 is 3.00 bits per heavy atom. The Hall–Kier alpha value is -0.380. The zero-order valence-electron chi connectivity index (χ0n) is 9.66. The molecule has 1 aromatic heterocycles. The molecule has 0 aliphatic rings. The lowest BCUT2D eigenvalue weighted by molar-refractivity contribution is 0.197. The molecular weight excluding hydrogens is 206 g/mol. The van der Waals surface area contributed by atoms with E-state index in [1.807, 2.05) is 0 Å². The third kappa shape index (κ3) is 5.30. The van der Waals surface area contributed by atoms with Gasteiger partial charge in [0, 0.05) is 13.7 Å². The maximum absolute atomic E-state index is 5.00. The van der Waals surface area contributed by atoms with Gasteiger partial charge in [0.2, 0.25) is 0 Å². The first-order valence-corrected chi connectivity index (χ1v) is 6.51. The summed E-state index contributed by atoms with van der Waals surface area (Å²) in [5.41, 5.74) is 1.47. The van der Waals surface area contributed by atoms with Crippen LogP contribution in [0.4, 0.5) is 0 Å². The van der Waals surface area contributed by atoms with Gasteiger partial charge in [0.25, 0.3) is 0 Å². The molecule has 0 bridgehead atoms. The lowest BCUT2D eigenvalue weighted by Gasteiger charge is -2.14. The van der Waals surface area contributed by atoms with E-state index in [1.54, 1.807) is 18.4 Å². The van der Waals surface area contributed by atoms with Crippen molar-refractivity contribution in [1.29, 1.82) is 0 Å². The predicted octanol–water partition coefficient (Wildman–Crippen LogP) is 2.55. The van der Waals surface area contributed by atoms with E-state index in [9.17, 15) is 0 Å². The molecule has 3 heteroatoms. The fourth-order valence-corrected chi connectivity index (χ4v) is 2.26. The van der Waals surface area contributed by atoms with Crippen LogP contribution in [0.3, 0.4) is 0 Å². The summed E-state index contributed by atoms with van der Waals surface area (Å²) in [7, 11) is 1.74. The first-order valence-electron chi connectivity index (χ1n) is 5.57. The van der Waals surface area contributed by atoms with Crippen LogP contribution in [-0.4, -0.2) is 26.8 Å². The molecule has 1 unspecified atom stereocenters. The third-order valence-electron chi connectivity index (χ3n) is 2.60. The van der Waals surface area contributed by atoms with Crippen LogP contribution in [-0.2, 0) is 11.2 Å². The number of methoxy groups -OCH3 is 1. The van der Waals surface area contributed by atoms with Gasteiger partial charge in [0.1, 0.15) is 0 Å². The normalized spacial score (nSPS) is 12.9. The highest BCUT2D eigenvalue weighted by Crippen LogP contribution is 2.14. The Labute approximate surface area is 96.7 Å².